The molecule has 3 rings (SSSR count). The zero-order chi connectivity index (χ0) is 12.8. The monoisotopic (exact) mass is 247 g/mol. The van der Waals surface area contributed by atoms with Gasteiger partial charge in [0.25, 0.3) is 0 Å². The van der Waals surface area contributed by atoms with Gasteiger partial charge in [-0.25, -0.2) is 4.39 Å². The molecule has 1 heterocycles. The Bertz CT molecular complexity index is 577. The molecule has 96 valence electrons. The molecule has 1 aliphatic carbocycles. The fourth-order valence-corrected chi connectivity index (χ4v) is 3.00. The average Bonchev–Trinajstić information content (AvgIpc) is 2.82. The number of nitrogens with zero attached hydrogens (tertiary/aromatic N) is 2. The van der Waals surface area contributed by atoms with Crippen molar-refractivity contribution in [3.05, 3.63) is 30.0 Å². The number of nitrogens with two attached hydrogens (primary N) is 1. The molecule has 1 fully saturated rings. The summed E-state index contributed by atoms with van der Waals surface area (Å²) in [4.78, 5) is 0. The topological polar surface area (TPSA) is 43.8 Å². The van der Waals surface area contributed by atoms with Crippen molar-refractivity contribution < 1.29 is 4.39 Å². The summed E-state index contributed by atoms with van der Waals surface area (Å²) in [6.07, 6.45) is 2.17. The van der Waals surface area contributed by atoms with Gasteiger partial charge in [-0.2, -0.15) is 5.10 Å². The van der Waals surface area contributed by atoms with Gasteiger partial charge in [0.05, 0.1) is 11.2 Å². The number of para-hydroxylation sites is 1. The predicted molar refractivity (Wildman–Crippen MR) is 70.1 cm³/mol. The van der Waals surface area contributed by atoms with Gasteiger partial charge in [-0.15, -0.1) is 0 Å². The molecule has 1 aliphatic rings. The van der Waals surface area contributed by atoms with Gasteiger partial charge in [-0.3, -0.25) is 4.68 Å². The van der Waals surface area contributed by atoms with Crippen LogP contribution in [-0.4, -0.2) is 21.5 Å². The molecule has 1 aromatic heterocycles. The number of alkyl halides is 1. The lowest BCUT2D eigenvalue weighted by molar-refractivity contribution is 0.169. The number of fused-ring (bicyclic) bond motifs is 1. The Kier molecular flexibility index (Phi) is 2.63. The maximum atomic E-state index is 14.7. The molecule has 0 radical (unpaired) electrons. The Hall–Kier alpha value is -1.42. The highest BCUT2D eigenvalue weighted by Gasteiger charge is 2.39. The number of hydrogen-bond donors (Lipinski definition) is 1. The van der Waals surface area contributed by atoms with E-state index in [-0.39, 0.29) is 6.04 Å². The molecule has 4 heteroatoms. The van der Waals surface area contributed by atoms with Crippen molar-refractivity contribution in [2.75, 3.05) is 0 Å². The van der Waals surface area contributed by atoms with Crippen LogP contribution in [0.4, 0.5) is 4.39 Å². The SMILES string of the molecule is Cn1nc(CC2(F)CCC(N)C2)c2ccccc21. The third-order valence-electron chi connectivity index (χ3n) is 3.91. The molecule has 3 nitrogen and oxygen atoms in total. The lowest BCUT2D eigenvalue weighted by atomic mass is 9.96. The minimum atomic E-state index is -1.17. The van der Waals surface area contributed by atoms with Crippen LogP contribution in [0.15, 0.2) is 24.3 Å². The number of hydrogen-bond acceptors (Lipinski definition) is 2. The molecule has 2 atom stereocenters. The standard InChI is InChI=1S/C14H18FN3/c1-18-13-5-3-2-4-11(13)12(17-18)9-14(15)7-6-10(16)8-14/h2-5,10H,6-9,16H2,1H3. The normalized spacial score (nSPS) is 28.1. The van der Waals surface area contributed by atoms with Crippen LogP contribution in [0.5, 0.6) is 0 Å². The molecule has 0 saturated heterocycles. The first-order valence-corrected chi connectivity index (χ1v) is 6.42. The summed E-state index contributed by atoms with van der Waals surface area (Å²) < 4.78 is 16.5. The third kappa shape index (κ3) is 1.90. The van der Waals surface area contributed by atoms with E-state index >= 15 is 0 Å². The van der Waals surface area contributed by atoms with Gasteiger partial charge >= 0.3 is 0 Å². The first-order valence-electron chi connectivity index (χ1n) is 6.42. The summed E-state index contributed by atoms with van der Waals surface area (Å²) in [6, 6.07) is 7.97. The fourth-order valence-electron chi connectivity index (χ4n) is 3.00. The summed E-state index contributed by atoms with van der Waals surface area (Å²) in [6.45, 7) is 0. The summed E-state index contributed by atoms with van der Waals surface area (Å²) >= 11 is 0. The molecule has 2 aromatic rings. The zero-order valence-electron chi connectivity index (χ0n) is 10.6. The highest BCUT2D eigenvalue weighted by atomic mass is 19.1. The number of rotatable bonds is 2. The molecule has 1 saturated carbocycles. The van der Waals surface area contributed by atoms with Crippen LogP contribution in [-0.2, 0) is 13.5 Å². The Morgan fingerprint density at radius 2 is 2.28 bits per heavy atom. The van der Waals surface area contributed by atoms with Gasteiger partial charge in [0, 0.05) is 24.9 Å². The second-order valence-corrected chi connectivity index (χ2v) is 5.42. The smallest absolute Gasteiger partial charge is 0.118 e. The van der Waals surface area contributed by atoms with Crippen LogP contribution in [0.2, 0.25) is 0 Å². The molecule has 1 aromatic carbocycles. The Morgan fingerprint density at radius 1 is 1.50 bits per heavy atom. The average molecular weight is 247 g/mol. The summed E-state index contributed by atoms with van der Waals surface area (Å²) in [5, 5.41) is 5.51. The van der Waals surface area contributed by atoms with Crippen molar-refractivity contribution in [3.8, 4) is 0 Å². The van der Waals surface area contributed by atoms with E-state index in [4.69, 9.17) is 5.73 Å². The highest BCUT2D eigenvalue weighted by molar-refractivity contribution is 5.81. The van der Waals surface area contributed by atoms with Crippen LogP contribution in [0.25, 0.3) is 10.9 Å². The van der Waals surface area contributed by atoms with Crippen LogP contribution in [0.1, 0.15) is 25.0 Å². The fraction of sp³-hybridized carbons (Fsp3) is 0.500. The molecule has 2 N–H and O–H groups in total. The largest absolute Gasteiger partial charge is 0.328 e. The minimum Gasteiger partial charge on any atom is -0.328 e. The first kappa shape index (κ1) is 11.7. The quantitative estimate of drug-likeness (QED) is 0.885. The van der Waals surface area contributed by atoms with E-state index in [0.717, 1.165) is 23.0 Å². The van der Waals surface area contributed by atoms with E-state index in [1.807, 2.05) is 36.0 Å². The van der Waals surface area contributed by atoms with Crippen LogP contribution in [0.3, 0.4) is 0 Å². The first-order chi connectivity index (χ1) is 8.57. The molecular weight excluding hydrogens is 229 g/mol. The lowest BCUT2D eigenvalue weighted by Crippen LogP contribution is -2.26. The maximum absolute atomic E-state index is 14.7. The van der Waals surface area contributed by atoms with E-state index in [1.54, 1.807) is 0 Å². The molecule has 0 aliphatic heterocycles. The van der Waals surface area contributed by atoms with E-state index in [9.17, 15) is 4.39 Å². The van der Waals surface area contributed by atoms with Crippen molar-refractivity contribution >= 4 is 10.9 Å². The van der Waals surface area contributed by atoms with Gasteiger partial charge in [0.1, 0.15) is 5.67 Å². The molecule has 0 bridgehead atoms. The molecule has 18 heavy (non-hydrogen) atoms. The van der Waals surface area contributed by atoms with E-state index < -0.39 is 5.67 Å². The van der Waals surface area contributed by atoms with Crippen LogP contribution < -0.4 is 5.73 Å². The number of aromatic nitrogens is 2. The van der Waals surface area contributed by atoms with Crippen molar-refractivity contribution in [2.45, 2.75) is 37.4 Å². The van der Waals surface area contributed by atoms with Gasteiger partial charge < -0.3 is 5.73 Å². The number of benzene rings is 1. The second-order valence-electron chi connectivity index (χ2n) is 5.42. The molecular formula is C14H18FN3. The third-order valence-corrected chi connectivity index (χ3v) is 3.91. The van der Waals surface area contributed by atoms with Gasteiger partial charge in [0.15, 0.2) is 0 Å². The van der Waals surface area contributed by atoms with Crippen molar-refractivity contribution in [2.24, 2.45) is 12.8 Å². The highest BCUT2D eigenvalue weighted by Crippen LogP contribution is 2.36. The van der Waals surface area contributed by atoms with Crippen molar-refractivity contribution in [1.29, 1.82) is 0 Å². The van der Waals surface area contributed by atoms with E-state index in [0.29, 0.717) is 19.3 Å². The predicted octanol–water partition coefficient (Wildman–Crippen LogP) is 2.34. The molecule has 0 spiro atoms. The molecule has 2 unspecified atom stereocenters. The molecule has 0 amide bonds. The van der Waals surface area contributed by atoms with Gasteiger partial charge in [-0.1, -0.05) is 18.2 Å². The van der Waals surface area contributed by atoms with Crippen molar-refractivity contribution in [3.63, 3.8) is 0 Å². The van der Waals surface area contributed by atoms with E-state index in [1.165, 1.54) is 0 Å². The Labute approximate surface area is 106 Å². The summed E-state index contributed by atoms with van der Waals surface area (Å²) in [5.74, 6) is 0. The number of aryl methyl sites for hydroxylation is 1. The van der Waals surface area contributed by atoms with Crippen LogP contribution in [0, 0.1) is 0 Å². The Morgan fingerprint density at radius 3 is 3.00 bits per heavy atom. The van der Waals surface area contributed by atoms with E-state index in [2.05, 4.69) is 5.10 Å². The van der Waals surface area contributed by atoms with Crippen LogP contribution >= 0.6 is 0 Å². The number of halogens is 1. The lowest BCUT2D eigenvalue weighted by Gasteiger charge is -2.17. The summed E-state index contributed by atoms with van der Waals surface area (Å²) in [7, 11) is 1.90. The Balaban J connectivity index is 1.96. The minimum absolute atomic E-state index is 0.00461. The maximum Gasteiger partial charge on any atom is 0.118 e. The zero-order valence-corrected chi connectivity index (χ0v) is 10.6. The van der Waals surface area contributed by atoms with Gasteiger partial charge in [0.2, 0.25) is 0 Å². The van der Waals surface area contributed by atoms with Crippen molar-refractivity contribution in [1.82, 2.24) is 9.78 Å². The van der Waals surface area contributed by atoms with Gasteiger partial charge in [-0.05, 0) is 25.3 Å². The second kappa shape index (κ2) is 4.05. The summed E-state index contributed by atoms with van der Waals surface area (Å²) in [5.41, 5.74) is 6.55.